The smallest absolute Gasteiger partial charge is 0.0972 e. The van der Waals surface area contributed by atoms with Crippen molar-refractivity contribution in [3.63, 3.8) is 0 Å². The first-order valence-electron chi connectivity index (χ1n) is 14.3. The van der Waals surface area contributed by atoms with E-state index in [4.69, 9.17) is 9.97 Å². The molecule has 9 rings (SSSR count). The summed E-state index contributed by atoms with van der Waals surface area (Å²) in [4.78, 5) is 10.6. The van der Waals surface area contributed by atoms with Gasteiger partial charge in [-0.25, -0.2) is 9.97 Å². The zero-order chi connectivity index (χ0) is 27.6. The van der Waals surface area contributed by atoms with Gasteiger partial charge in [0.1, 0.15) is 0 Å². The van der Waals surface area contributed by atoms with Crippen LogP contribution in [0, 0.1) is 0 Å². The maximum Gasteiger partial charge on any atom is 0.0972 e. The molecule has 2 nitrogen and oxygen atoms in total. The lowest BCUT2D eigenvalue weighted by molar-refractivity contribution is 1.37. The number of rotatable bonds is 2. The number of pyridine rings is 2. The first kappa shape index (κ1) is 23.1. The molecule has 2 heterocycles. The van der Waals surface area contributed by atoms with Crippen LogP contribution in [0.25, 0.3) is 87.4 Å². The summed E-state index contributed by atoms with van der Waals surface area (Å²) in [6, 6.07) is 52.1. The highest BCUT2D eigenvalue weighted by Gasteiger charge is 2.12. The summed E-state index contributed by atoms with van der Waals surface area (Å²) in [6.07, 6.45) is 0. The molecule has 0 N–H and O–H groups in total. The monoisotopic (exact) mass is 532 g/mol. The summed E-state index contributed by atoms with van der Waals surface area (Å²) in [6.45, 7) is 0. The number of hydrogen-bond donors (Lipinski definition) is 0. The molecule has 0 aliphatic rings. The Hall–Kier alpha value is -5.60. The van der Waals surface area contributed by atoms with Crippen molar-refractivity contribution >= 4 is 64.9 Å². The third-order valence-corrected chi connectivity index (χ3v) is 8.56. The van der Waals surface area contributed by atoms with Crippen LogP contribution in [0.15, 0.2) is 146 Å². The van der Waals surface area contributed by atoms with Crippen molar-refractivity contribution < 1.29 is 0 Å². The predicted molar refractivity (Wildman–Crippen MR) is 178 cm³/mol. The van der Waals surface area contributed by atoms with Crippen molar-refractivity contribution in [1.82, 2.24) is 9.97 Å². The van der Waals surface area contributed by atoms with Gasteiger partial charge >= 0.3 is 0 Å². The molecular weight excluding hydrogens is 508 g/mol. The fourth-order valence-corrected chi connectivity index (χ4v) is 6.45. The second kappa shape index (κ2) is 8.95. The summed E-state index contributed by atoms with van der Waals surface area (Å²) in [5.41, 5.74) is 6.04. The molecule has 0 atom stereocenters. The van der Waals surface area contributed by atoms with Gasteiger partial charge in [-0.2, -0.15) is 0 Å². The quantitative estimate of drug-likeness (QED) is 0.163. The Morgan fingerprint density at radius 2 is 0.667 bits per heavy atom. The van der Waals surface area contributed by atoms with Gasteiger partial charge in [-0.05, 0) is 79.5 Å². The lowest BCUT2D eigenvalue weighted by Crippen LogP contribution is -1.92. The Balaban J connectivity index is 1.26. The van der Waals surface area contributed by atoms with Crippen LogP contribution in [0.1, 0.15) is 0 Å². The van der Waals surface area contributed by atoms with Gasteiger partial charge in [-0.1, -0.05) is 109 Å². The molecule has 42 heavy (non-hydrogen) atoms. The van der Waals surface area contributed by atoms with Crippen LogP contribution in [0.4, 0.5) is 0 Å². The van der Waals surface area contributed by atoms with Crippen molar-refractivity contribution in [3.05, 3.63) is 146 Å². The molecule has 0 fully saturated rings. The first-order valence-corrected chi connectivity index (χ1v) is 14.3. The highest BCUT2D eigenvalue weighted by Crippen LogP contribution is 2.35. The number of nitrogens with zero attached hydrogens (tertiary/aromatic N) is 2. The van der Waals surface area contributed by atoms with E-state index in [0.29, 0.717) is 0 Å². The molecule has 194 valence electrons. The highest BCUT2D eigenvalue weighted by molar-refractivity contribution is 6.09. The van der Waals surface area contributed by atoms with Gasteiger partial charge < -0.3 is 0 Å². The summed E-state index contributed by atoms with van der Waals surface area (Å²) < 4.78 is 0. The van der Waals surface area contributed by atoms with Crippen LogP contribution >= 0.6 is 0 Å². The van der Waals surface area contributed by atoms with Gasteiger partial charge in [0.25, 0.3) is 0 Å². The minimum atomic E-state index is 0.926. The van der Waals surface area contributed by atoms with Crippen molar-refractivity contribution in [1.29, 1.82) is 0 Å². The van der Waals surface area contributed by atoms with Crippen molar-refractivity contribution in [2.45, 2.75) is 0 Å². The van der Waals surface area contributed by atoms with Crippen LogP contribution in [0.5, 0.6) is 0 Å². The Morgan fingerprint density at radius 3 is 1.12 bits per heavy atom. The van der Waals surface area contributed by atoms with E-state index in [9.17, 15) is 0 Å². The van der Waals surface area contributed by atoms with Crippen LogP contribution in [0.3, 0.4) is 0 Å². The van der Waals surface area contributed by atoms with E-state index in [0.717, 1.165) is 44.3 Å². The third kappa shape index (κ3) is 3.59. The van der Waals surface area contributed by atoms with Crippen LogP contribution < -0.4 is 0 Å². The average Bonchev–Trinajstić information content (AvgIpc) is 3.05. The molecular formula is C40H24N2. The Labute approximate surface area is 242 Å². The molecule has 0 saturated carbocycles. The maximum absolute atomic E-state index is 5.28. The molecule has 9 aromatic rings. The lowest BCUT2D eigenvalue weighted by atomic mass is 9.97. The van der Waals surface area contributed by atoms with E-state index in [1.54, 1.807) is 0 Å². The maximum atomic E-state index is 5.28. The van der Waals surface area contributed by atoms with Gasteiger partial charge in [0, 0.05) is 21.9 Å². The lowest BCUT2D eigenvalue weighted by Gasteiger charge is -2.12. The van der Waals surface area contributed by atoms with Crippen LogP contribution in [0.2, 0.25) is 0 Å². The van der Waals surface area contributed by atoms with E-state index in [-0.39, 0.29) is 0 Å². The topological polar surface area (TPSA) is 25.8 Å². The fourth-order valence-electron chi connectivity index (χ4n) is 6.45. The SMILES string of the molecule is c1ccc2cc3c(-c4ccc5ccc6ccc(-c7cccc8cc9ccccc9cc78)nc6c5n4)cccc3cc2c1. The van der Waals surface area contributed by atoms with Gasteiger partial charge in [-0.15, -0.1) is 0 Å². The van der Waals surface area contributed by atoms with E-state index < -0.39 is 0 Å². The molecule has 0 bridgehead atoms. The molecule has 7 aromatic carbocycles. The zero-order valence-electron chi connectivity index (χ0n) is 22.8. The molecule has 0 radical (unpaired) electrons. The minimum Gasteiger partial charge on any atom is -0.245 e. The van der Waals surface area contributed by atoms with Gasteiger partial charge in [0.2, 0.25) is 0 Å². The third-order valence-electron chi connectivity index (χ3n) is 8.56. The van der Waals surface area contributed by atoms with E-state index in [1.165, 1.54) is 43.1 Å². The first-order chi connectivity index (χ1) is 20.8. The fraction of sp³-hybridized carbons (Fsp3) is 0. The van der Waals surface area contributed by atoms with Crippen molar-refractivity contribution in [3.8, 4) is 22.5 Å². The van der Waals surface area contributed by atoms with Crippen molar-refractivity contribution in [2.75, 3.05) is 0 Å². The number of aromatic nitrogens is 2. The number of fused-ring (bicyclic) bond motifs is 7. The standard InChI is InChI=1S/C40H24N2/c1-3-9-29-23-35-31(21-27(29)7-1)11-5-13-33(35)37-19-17-25-15-16-26-18-20-38(42-40(26)39(25)41-37)34-14-6-12-32-22-28-8-2-4-10-30(28)24-36(32)34/h1-24H. The number of hydrogen-bond acceptors (Lipinski definition) is 2. The molecule has 0 unspecified atom stereocenters. The van der Waals surface area contributed by atoms with Gasteiger partial charge in [-0.3, -0.25) is 0 Å². The zero-order valence-corrected chi connectivity index (χ0v) is 22.8. The Bertz CT molecular complexity index is 2350. The van der Waals surface area contributed by atoms with E-state index >= 15 is 0 Å². The molecule has 2 heteroatoms. The van der Waals surface area contributed by atoms with E-state index in [2.05, 4.69) is 146 Å². The molecule has 0 amide bonds. The number of benzene rings is 7. The second-order valence-electron chi connectivity index (χ2n) is 11.1. The molecule has 0 aliphatic heterocycles. The molecule has 0 saturated heterocycles. The Morgan fingerprint density at radius 1 is 0.286 bits per heavy atom. The normalized spacial score (nSPS) is 11.8. The summed E-state index contributed by atoms with van der Waals surface area (Å²) >= 11 is 0. The van der Waals surface area contributed by atoms with Crippen LogP contribution in [-0.2, 0) is 0 Å². The average molecular weight is 533 g/mol. The summed E-state index contributed by atoms with van der Waals surface area (Å²) in [5.74, 6) is 0. The summed E-state index contributed by atoms with van der Waals surface area (Å²) in [7, 11) is 0. The van der Waals surface area contributed by atoms with Crippen molar-refractivity contribution in [2.24, 2.45) is 0 Å². The highest BCUT2D eigenvalue weighted by atomic mass is 14.8. The Kier molecular flexibility index (Phi) is 4.93. The predicted octanol–water partition coefficient (Wildman–Crippen LogP) is 10.7. The molecule has 0 aliphatic carbocycles. The largest absolute Gasteiger partial charge is 0.245 e. The molecule has 0 spiro atoms. The minimum absolute atomic E-state index is 0.926. The van der Waals surface area contributed by atoms with Gasteiger partial charge in [0.15, 0.2) is 0 Å². The van der Waals surface area contributed by atoms with E-state index in [1.807, 2.05) is 0 Å². The van der Waals surface area contributed by atoms with Crippen LogP contribution in [-0.4, -0.2) is 9.97 Å². The van der Waals surface area contributed by atoms with Gasteiger partial charge in [0.05, 0.1) is 22.4 Å². The second-order valence-corrected chi connectivity index (χ2v) is 11.1. The molecule has 2 aromatic heterocycles. The summed E-state index contributed by atoms with van der Waals surface area (Å²) in [5, 5.41) is 12.0.